The Bertz CT molecular complexity index is 521. The summed E-state index contributed by atoms with van der Waals surface area (Å²) in [6.07, 6.45) is 2.70. The largest absolute Gasteiger partial charge is 0.495 e. The lowest BCUT2D eigenvalue weighted by Gasteiger charge is -2.36. The number of carbonyl (C=O) groups is 1. The monoisotopic (exact) mass is 347 g/mol. The molecule has 1 aromatic rings. The highest BCUT2D eigenvalue weighted by molar-refractivity contribution is 5.76. The highest BCUT2D eigenvalue weighted by Gasteiger charge is 2.20. The van der Waals surface area contributed by atoms with Crippen LogP contribution in [0.3, 0.4) is 0 Å². The van der Waals surface area contributed by atoms with Crippen LogP contribution in [0, 0.1) is 0 Å². The van der Waals surface area contributed by atoms with Crippen molar-refractivity contribution in [3.63, 3.8) is 0 Å². The zero-order chi connectivity index (χ0) is 18.1. The normalized spacial score (nSPS) is 15.2. The first-order valence-corrected chi connectivity index (χ1v) is 9.57. The molecule has 1 saturated heterocycles. The zero-order valence-electron chi connectivity index (χ0n) is 16.0. The molecule has 1 aromatic carbocycles. The van der Waals surface area contributed by atoms with Crippen molar-refractivity contribution < 1.29 is 9.53 Å². The van der Waals surface area contributed by atoms with Crippen LogP contribution < -0.4 is 9.64 Å². The number of amides is 1. The number of hydrogen-bond donors (Lipinski definition) is 0. The number of para-hydroxylation sites is 2. The van der Waals surface area contributed by atoms with Gasteiger partial charge < -0.3 is 14.5 Å². The molecule has 0 aromatic heterocycles. The molecule has 1 aliphatic rings. The van der Waals surface area contributed by atoms with Gasteiger partial charge in [0.2, 0.25) is 5.91 Å². The van der Waals surface area contributed by atoms with Crippen LogP contribution in [0.15, 0.2) is 24.3 Å². The van der Waals surface area contributed by atoms with Crippen LogP contribution in [-0.4, -0.2) is 68.6 Å². The molecule has 1 fully saturated rings. The molecule has 0 aliphatic carbocycles. The number of piperazine rings is 1. The van der Waals surface area contributed by atoms with Gasteiger partial charge in [0.05, 0.1) is 12.8 Å². The van der Waals surface area contributed by atoms with E-state index >= 15 is 0 Å². The van der Waals surface area contributed by atoms with E-state index in [1.165, 1.54) is 0 Å². The SMILES string of the molecule is CCCN(CCC)C(=O)CCN1CCN(c2ccccc2OC)CC1. The first kappa shape index (κ1) is 19.6. The molecule has 0 N–H and O–H groups in total. The smallest absolute Gasteiger partial charge is 0.223 e. The average molecular weight is 348 g/mol. The number of ether oxygens (including phenoxy) is 1. The van der Waals surface area contributed by atoms with E-state index in [9.17, 15) is 4.79 Å². The van der Waals surface area contributed by atoms with Crippen molar-refractivity contribution in [2.45, 2.75) is 33.1 Å². The molecule has 0 spiro atoms. The van der Waals surface area contributed by atoms with Gasteiger partial charge in [-0.15, -0.1) is 0 Å². The minimum atomic E-state index is 0.302. The van der Waals surface area contributed by atoms with Gasteiger partial charge in [0.25, 0.3) is 0 Å². The van der Waals surface area contributed by atoms with Gasteiger partial charge in [0.1, 0.15) is 5.75 Å². The van der Waals surface area contributed by atoms with Crippen LogP contribution in [0.1, 0.15) is 33.1 Å². The minimum absolute atomic E-state index is 0.302. The van der Waals surface area contributed by atoms with Crippen LogP contribution in [0.4, 0.5) is 5.69 Å². The predicted octanol–water partition coefficient (Wildman–Crippen LogP) is 2.86. The highest BCUT2D eigenvalue weighted by Crippen LogP contribution is 2.28. The molecule has 25 heavy (non-hydrogen) atoms. The van der Waals surface area contributed by atoms with Crippen LogP contribution in [0.2, 0.25) is 0 Å². The van der Waals surface area contributed by atoms with Gasteiger partial charge in [-0.2, -0.15) is 0 Å². The van der Waals surface area contributed by atoms with E-state index in [0.29, 0.717) is 12.3 Å². The summed E-state index contributed by atoms with van der Waals surface area (Å²) in [5.41, 5.74) is 1.16. The van der Waals surface area contributed by atoms with Gasteiger partial charge in [0.15, 0.2) is 0 Å². The summed E-state index contributed by atoms with van der Waals surface area (Å²) in [4.78, 5) is 19.2. The van der Waals surface area contributed by atoms with E-state index in [2.05, 4.69) is 35.8 Å². The van der Waals surface area contributed by atoms with Crippen molar-refractivity contribution in [2.24, 2.45) is 0 Å². The number of anilines is 1. The van der Waals surface area contributed by atoms with Crippen LogP contribution >= 0.6 is 0 Å². The fraction of sp³-hybridized carbons (Fsp3) is 0.650. The molecule has 140 valence electrons. The van der Waals surface area contributed by atoms with E-state index in [-0.39, 0.29) is 0 Å². The Morgan fingerprint density at radius 3 is 2.32 bits per heavy atom. The Morgan fingerprint density at radius 2 is 1.72 bits per heavy atom. The van der Waals surface area contributed by atoms with Gasteiger partial charge in [0, 0.05) is 52.2 Å². The van der Waals surface area contributed by atoms with Gasteiger partial charge in [-0.3, -0.25) is 9.69 Å². The highest BCUT2D eigenvalue weighted by atomic mass is 16.5. The van der Waals surface area contributed by atoms with E-state index < -0.39 is 0 Å². The number of methoxy groups -OCH3 is 1. The summed E-state index contributed by atoms with van der Waals surface area (Å²) in [7, 11) is 1.72. The van der Waals surface area contributed by atoms with Gasteiger partial charge in [-0.25, -0.2) is 0 Å². The summed E-state index contributed by atoms with van der Waals surface area (Å²) < 4.78 is 5.47. The van der Waals surface area contributed by atoms with Crippen molar-refractivity contribution in [2.75, 3.05) is 57.8 Å². The molecule has 0 radical (unpaired) electrons. The third-order valence-corrected chi connectivity index (χ3v) is 4.78. The quantitative estimate of drug-likeness (QED) is 0.688. The Kier molecular flexibility index (Phi) is 8.06. The van der Waals surface area contributed by atoms with E-state index in [1.54, 1.807) is 7.11 Å². The van der Waals surface area contributed by atoms with Crippen molar-refractivity contribution in [3.05, 3.63) is 24.3 Å². The lowest BCUT2D eigenvalue weighted by molar-refractivity contribution is -0.131. The maximum atomic E-state index is 12.4. The Morgan fingerprint density at radius 1 is 1.08 bits per heavy atom. The Hall–Kier alpha value is -1.75. The molecule has 5 heteroatoms. The van der Waals surface area contributed by atoms with Gasteiger partial charge in [-0.1, -0.05) is 26.0 Å². The molecule has 0 unspecified atom stereocenters. The molecule has 1 amide bonds. The molecule has 5 nitrogen and oxygen atoms in total. The first-order chi connectivity index (χ1) is 12.2. The number of carbonyl (C=O) groups excluding carboxylic acids is 1. The maximum Gasteiger partial charge on any atom is 0.223 e. The summed E-state index contributed by atoms with van der Waals surface area (Å²) in [5.74, 6) is 1.23. The molecule has 0 atom stereocenters. The van der Waals surface area contributed by atoms with Crippen LogP contribution in [0.5, 0.6) is 5.75 Å². The third-order valence-electron chi connectivity index (χ3n) is 4.78. The second-order valence-electron chi connectivity index (χ2n) is 6.63. The molecule has 1 aliphatic heterocycles. The van der Waals surface area contributed by atoms with Crippen molar-refractivity contribution >= 4 is 11.6 Å². The molecular weight excluding hydrogens is 314 g/mol. The zero-order valence-corrected chi connectivity index (χ0v) is 16.0. The first-order valence-electron chi connectivity index (χ1n) is 9.57. The summed E-state index contributed by atoms with van der Waals surface area (Å²) in [6, 6.07) is 8.18. The number of hydrogen-bond acceptors (Lipinski definition) is 4. The summed E-state index contributed by atoms with van der Waals surface area (Å²) >= 11 is 0. The number of benzene rings is 1. The topological polar surface area (TPSA) is 36.0 Å². The predicted molar refractivity (Wildman–Crippen MR) is 103 cm³/mol. The van der Waals surface area contributed by atoms with Gasteiger partial charge in [-0.05, 0) is 25.0 Å². The molecule has 1 heterocycles. The lowest BCUT2D eigenvalue weighted by atomic mass is 10.2. The van der Waals surface area contributed by atoms with E-state index in [0.717, 1.165) is 70.1 Å². The lowest BCUT2D eigenvalue weighted by Crippen LogP contribution is -2.47. The van der Waals surface area contributed by atoms with Crippen molar-refractivity contribution in [1.82, 2.24) is 9.80 Å². The Balaban J connectivity index is 1.79. The summed E-state index contributed by atoms with van der Waals surface area (Å²) in [5, 5.41) is 0. The molecular formula is C20H33N3O2. The standard InChI is InChI=1S/C20H33N3O2/c1-4-11-23(12-5-2)20(24)10-13-21-14-16-22(17-15-21)18-8-6-7-9-19(18)25-3/h6-9H,4-5,10-17H2,1-3H3. The fourth-order valence-corrected chi connectivity index (χ4v) is 3.42. The minimum Gasteiger partial charge on any atom is -0.495 e. The van der Waals surface area contributed by atoms with E-state index in [1.807, 2.05) is 17.0 Å². The number of rotatable bonds is 9. The van der Waals surface area contributed by atoms with Gasteiger partial charge >= 0.3 is 0 Å². The van der Waals surface area contributed by atoms with Crippen LogP contribution in [0.25, 0.3) is 0 Å². The molecule has 2 rings (SSSR count). The summed E-state index contributed by atoms with van der Waals surface area (Å²) in [6.45, 7) is 10.8. The van der Waals surface area contributed by atoms with Crippen molar-refractivity contribution in [1.29, 1.82) is 0 Å². The van der Waals surface area contributed by atoms with Crippen LogP contribution in [-0.2, 0) is 4.79 Å². The molecule has 0 saturated carbocycles. The Labute approximate surface area is 152 Å². The maximum absolute atomic E-state index is 12.4. The third kappa shape index (κ3) is 5.63. The number of nitrogens with zero attached hydrogens (tertiary/aromatic N) is 3. The van der Waals surface area contributed by atoms with Crippen molar-refractivity contribution in [3.8, 4) is 5.75 Å². The molecule has 0 bridgehead atoms. The second kappa shape index (κ2) is 10.3. The fourth-order valence-electron chi connectivity index (χ4n) is 3.42. The van der Waals surface area contributed by atoms with E-state index in [4.69, 9.17) is 4.74 Å². The average Bonchev–Trinajstić information content (AvgIpc) is 2.66. The second-order valence-corrected chi connectivity index (χ2v) is 6.63.